The maximum atomic E-state index is 13.1. The van der Waals surface area contributed by atoms with Crippen LogP contribution in [0.4, 0.5) is 8.78 Å². The van der Waals surface area contributed by atoms with Crippen molar-refractivity contribution < 1.29 is 28.2 Å². The first kappa shape index (κ1) is 13.9. The predicted molar refractivity (Wildman–Crippen MR) is 57.1 cm³/mol. The lowest BCUT2D eigenvalue weighted by molar-refractivity contribution is -0.141. The molecule has 2 N–H and O–H groups in total. The lowest BCUT2D eigenvalue weighted by Crippen LogP contribution is -2.40. The number of carbonyl (C=O) groups is 2. The highest BCUT2D eigenvalue weighted by Gasteiger charge is 2.14. The summed E-state index contributed by atoms with van der Waals surface area (Å²) in [5.74, 6) is -3.89. The normalized spacial score (nSPS) is 11.7. The standard InChI is InChI=1S/C11H11F2NO4/c1-6(11(16)17)14-10(15)5-18-9-3-2-7(12)4-8(9)13/h2-4,6H,5H2,1H3,(H,14,15)(H,16,17). The van der Waals surface area contributed by atoms with Gasteiger partial charge in [0, 0.05) is 6.07 Å². The van der Waals surface area contributed by atoms with Crippen molar-refractivity contribution in [3.63, 3.8) is 0 Å². The molecule has 0 spiro atoms. The fraction of sp³-hybridized carbons (Fsp3) is 0.273. The molecule has 0 aliphatic rings. The maximum absolute atomic E-state index is 13.1. The Hall–Kier alpha value is -2.18. The van der Waals surface area contributed by atoms with Gasteiger partial charge in [0.1, 0.15) is 11.9 Å². The smallest absolute Gasteiger partial charge is 0.325 e. The third-order valence-electron chi connectivity index (χ3n) is 2.00. The van der Waals surface area contributed by atoms with Gasteiger partial charge in [-0.3, -0.25) is 9.59 Å². The molecule has 0 heterocycles. The molecule has 1 aromatic carbocycles. The van der Waals surface area contributed by atoms with E-state index in [9.17, 15) is 18.4 Å². The second-order valence-corrected chi connectivity index (χ2v) is 3.49. The summed E-state index contributed by atoms with van der Waals surface area (Å²) in [6.45, 7) is 0.721. The third kappa shape index (κ3) is 4.00. The topological polar surface area (TPSA) is 75.6 Å². The van der Waals surface area contributed by atoms with Crippen molar-refractivity contribution in [1.82, 2.24) is 5.32 Å². The Labute approximate surface area is 101 Å². The number of carboxylic acids is 1. The van der Waals surface area contributed by atoms with Crippen molar-refractivity contribution in [2.45, 2.75) is 13.0 Å². The highest BCUT2D eigenvalue weighted by molar-refractivity contribution is 5.84. The van der Waals surface area contributed by atoms with Crippen LogP contribution >= 0.6 is 0 Å². The van der Waals surface area contributed by atoms with Crippen LogP contribution < -0.4 is 10.1 Å². The molecule has 0 fully saturated rings. The zero-order valence-electron chi connectivity index (χ0n) is 9.44. The van der Waals surface area contributed by atoms with Crippen LogP contribution in [0.15, 0.2) is 18.2 Å². The second-order valence-electron chi connectivity index (χ2n) is 3.49. The van der Waals surface area contributed by atoms with Gasteiger partial charge in [0.05, 0.1) is 0 Å². The Bertz CT molecular complexity index is 464. The molecule has 0 aliphatic heterocycles. The molecule has 0 saturated heterocycles. The fourth-order valence-corrected chi connectivity index (χ4v) is 1.08. The first-order valence-electron chi connectivity index (χ1n) is 5.00. The molecule has 1 amide bonds. The number of ether oxygens (including phenoxy) is 1. The highest BCUT2D eigenvalue weighted by atomic mass is 19.1. The summed E-state index contributed by atoms with van der Waals surface area (Å²) in [6, 6.07) is 1.57. The Balaban J connectivity index is 2.50. The zero-order valence-corrected chi connectivity index (χ0v) is 9.44. The van der Waals surface area contributed by atoms with E-state index in [0.29, 0.717) is 6.07 Å². The number of carboxylic acid groups (broad SMARTS) is 1. The summed E-state index contributed by atoms with van der Waals surface area (Å²) in [7, 11) is 0. The lowest BCUT2D eigenvalue weighted by Gasteiger charge is -2.10. The minimum absolute atomic E-state index is 0.283. The van der Waals surface area contributed by atoms with Crippen molar-refractivity contribution in [2.24, 2.45) is 0 Å². The summed E-state index contributed by atoms with van der Waals surface area (Å²) in [4.78, 5) is 21.7. The molecule has 0 saturated carbocycles. The van der Waals surface area contributed by atoms with E-state index in [1.807, 2.05) is 0 Å². The van der Waals surface area contributed by atoms with Gasteiger partial charge < -0.3 is 15.2 Å². The van der Waals surface area contributed by atoms with Crippen molar-refractivity contribution in [3.8, 4) is 5.75 Å². The third-order valence-corrected chi connectivity index (χ3v) is 2.00. The molecular formula is C11H11F2NO4. The zero-order chi connectivity index (χ0) is 13.7. The van der Waals surface area contributed by atoms with E-state index in [0.717, 1.165) is 12.1 Å². The van der Waals surface area contributed by atoms with Crippen molar-refractivity contribution >= 4 is 11.9 Å². The minimum atomic E-state index is -1.20. The minimum Gasteiger partial charge on any atom is -0.481 e. The lowest BCUT2D eigenvalue weighted by atomic mass is 10.3. The monoisotopic (exact) mass is 259 g/mol. The van der Waals surface area contributed by atoms with Crippen LogP contribution in [0, 0.1) is 11.6 Å². The maximum Gasteiger partial charge on any atom is 0.325 e. The first-order chi connectivity index (χ1) is 8.40. The molecule has 18 heavy (non-hydrogen) atoms. The Kier molecular flexibility index (Phi) is 4.59. The van der Waals surface area contributed by atoms with Crippen LogP contribution in [-0.4, -0.2) is 29.6 Å². The molecule has 1 rings (SSSR count). The summed E-state index contributed by atoms with van der Waals surface area (Å²) < 4.78 is 30.5. The number of benzene rings is 1. The van der Waals surface area contributed by atoms with Gasteiger partial charge in [-0.05, 0) is 19.1 Å². The number of rotatable bonds is 5. The Morgan fingerprint density at radius 3 is 2.67 bits per heavy atom. The van der Waals surface area contributed by atoms with E-state index in [2.05, 4.69) is 5.32 Å². The van der Waals surface area contributed by atoms with Gasteiger partial charge in [-0.15, -0.1) is 0 Å². The second kappa shape index (κ2) is 5.95. The van der Waals surface area contributed by atoms with Crippen LogP contribution in [0.2, 0.25) is 0 Å². The van der Waals surface area contributed by atoms with E-state index in [4.69, 9.17) is 9.84 Å². The average molecular weight is 259 g/mol. The van der Waals surface area contributed by atoms with Crippen molar-refractivity contribution in [3.05, 3.63) is 29.8 Å². The largest absolute Gasteiger partial charge is 0.481 e. The number of hydrogen-bond donors (Lipinski definition) is 2. The number of amides is 1. The van der Waals surface area contributed by atoms with Crippen LogP contribution in [-0.2, 0) is 9.59 Å². The molecule has 0 aromatic heterocycles. The van der Waals surface area contributed by atoms with Gasteiger partial charge in [0.15, 0.2) is 18.2 Å². The van der Waals surface area contributed by atoms with Gasteiger partial charge in [0.25, 0.3) is 5.91 Å². The molecule has 0 bridgehead atoms. The quantitative estimate of drug-likeness (QED) is 0.825. The summed E-state index contributed by atoms with van der Waals surface area (Å²) in [6.07, 6.45) is 0. The van der Waals surface area contributed by atoms with E-state index in [-0.39, 0.29) is 5.75 Å². The number of carbonyl (C=O) groups excluding carboxylic acids is 1. The molecule has 1 unspecified atom stereocenters. The van der Waals surface area contributed by atoms with Crippen molar-refractivity contribution in [1.29, 1.82) is 0 Å². The van der Waals surface area contributed by atoms with E-state index < -0.39 is 36.2 Å². The molecule has 5 nitrogen and oxygen atoms in total. The SMILES string of the molecule is CC(NC(=O)COc1ccc(F)cc1F)C(=O)O. The number of aliphatic carboxylic acids is 1. The highest BCUT2D eigenvalue weighted by Crippen LogP contribution is 2.17. The van der Waals surface area contributed by atoms with E-state index in [1.165, 1.54) is 6.92 Å². The van der Waals surface area contributed by atoms with Crippen LogP contribution in [0.25, 0.3) is 0 Å². The first-order valence-corrected chi connectivity index (χ1v) is 5.00. The number of nitrogens with one attached hydrogen (secondary N) is 1. The average Bonchev–Trinajstić information content (AvgIpc) is 2.27. The molecule has 98 valence electrons. The molecule has 1 atom stereocenters. The number of halogens is 2. The predicted octanol–water partition coefficient (Wildman–Crippen LogP) is 0.933. The summed E-state index contributed by atoms with van der Waals surface area (Å²) in [5.41, 5.74) is 0. The Morgan fingerprint density at radius 1 is 1.44 bits per heavy atom. The summed E-state index contributed by atoms with van der Waals surface area (Å²) in [5, 5.41) is 10.7. The van der Waals surface area contributed by atoms with E-state index in [1.54, 1.807) is 0 Å². The van der Waals surface area contributed by atoms with Crippen LogP contribution in [0.3, 0.4) is 0 Å². The van der Waals surface area contributed by atoms with Crippen LogP contribution in [0.5, 0.6) is 5.75 Å². The fourth-order valence-electron chi connectivity index (χ4n) is 1.08. The van der Waals surface area contributed by atoms with Gasteiger partial charge in [-0.2, -0.15) is 0 Å². The van der Waals surface area contributed by atoms with Gasteiger partial charge >= 0.3 is 5.97 Å². The summed E-state index contributed by atoms with van der Waals surface area (Å²) >= 11 is 0. The Morgan fingerprint density at radius 2 is 2.11 bits per heavy atom. The molecule has 0 radical (unpaired) electrons. The molecular weight excluding hydrogens is 248 g/mol. The molecule has 0 aliphatic carbocycles. The van der Waals surface area contributed by atoms with Gasteiger partial charge in [-0.25, -0.2) is 8.78 Å². The van der Waals surface area contributed by atoms with Crippen LogP contribution in [0.1, 0.15) is 6.92 Å². The van der Waals surface area contributed by atoms with Gasteiger partial charge in [0.2, 0.25) is 0 Å². The van der Waals surface area contributed by atoms with Crippen molar-refractivity contribution in [2.75, 3.05) is 6.61 Å². The van der Waals surface area contributed by atoms with E-state index >= 15 is 0 Å². The molecule has 7 heteroatoms. The number of hydrogen-bond acceptors (Lipinski definition) is 3. The van der Waals surface area contributed by atoms with Gasteiger partial charge in [-0.1, -0.05) is 0 Å². The molecule has 1 aromatic rings.